The average molecular weight is 665 g/mol. The standard InChI is InChI=1S/C30H28ClF3N4O8/c1-9-11-5-7-14(37-29(46)36-13-6-4-10(31)8-12(13)30(32,33)34)22(39)16(11)24(41)18-15(9)23(40)17-19(25(18)42)26(43)20(28(35)45)27(44)21(17)38(2)3/h4-9,15,17,19,21,23,39-41,44H,1-3H3,(H2,35,45)(H2,36,37,46)/t9?,15?,17?,19?,21-,23?/m0/s1. The number of nitrogens with two attached hydrogens (primary N) is 1. The topological polar surface area (TPSA) is 203 Å². The predicted molar refractivity (Wildman–Crippen MR) is 158 cm³/mol. The number of nitrogens with one attached hydrogen (secondary N) is 2. The van der Waals surface area contributed by atoms with Gasteiger partial charge in [-0.3, -0.25) is 19.3 Å². The van der Waals surface area contributed by atoms with Gasteiger partial charge in [-0.05, 0) is 49.8 Å². The zero-order valence-corrected chi connectivity index (χ0v) is 25.1. The van der Waals surface area contributed by atoms with Crippen molar-refractivity contribution in [2.24, 2.45) is 23.5 Å². The number of carbonyl (C=O) groups excluding carboxylic acids is 4. The second kappa shape index (κ2) is 11.3. The van der Waals surface area contributed by atoms with Gasteiger partial charge in [-0.1, -0.05) is 24.6 Å². The molecular weight excluding hydrogens is 637 g/mol. The van der Waals surface area contributed by atoms with Crippen LogP contribution in [0.25, 0.3) is 5.76 Å². The van der Waals surface area contributed by atoms with Gasteiger partial charge in [-0.2, -0.15) is 13.2 Å². The fourth-order valence-corrected chi connectivity index (χ4v) is 7.02. The molecule has 0 radical (unpaired) electrons. The molecule has 244 valence electrons. The monoisotopic (exact) mass is 664 g/mol. The van der Waals surface area contributed by atoms with Crippen LogP contribution in [0, 0.1) is 17.8 Å². The molecule has 3 aliphatic carbocycles. The Bertz CT molecular complexity index is 1770. The summed E-state index contributed by atoms with van der Waals surface area (Å²) in [6.07, 6.45) is -6.38. The van der Waals surface area contributed by atoms with Crippen LogP contribution in [0.4, 0.5) is 29.3 Å². The van der Waals surface area contributed by atoms with Crippen LogP contribution < -0.4 is 16.4 Å². The number of fused-ring (bicyclic) bond motifs is 3. The maximum atomic E-state index is 14.0. The van der Waals surface area contributed by atoms with Crippen molar-refractivity contribution in [2.75, 3.05) is 24.7 Å². The van der Waals surface area contributed by atoms with Gasteiger partial charge < -0.3 is 36.8 Å². The van der Waals surface area contributed by atoms with Gasteiger partial charge in [0.05, 0.1) is 40.6 Å². The number of carbonyl (C=O) groups is 4. The second-order valence-corrected chi connectivity index (χ2v) is 12.0. The minimum atomic E-state index is -4.86. The van der Waals surface area contributed by atoms with E-state index in [9.17, 15) is 52.8 Å². The molecule has 46 heavy (non-hydrogen) atoms. The van der Waals surface area contributed by atoms with Crippen molar-refractivity contribution in [3.05, 3.63) is 69.0 Å². The Morgan fingerprint density at radius 1 is 1.00 bits per heavy atom. The summed E-state index contributed by atoms with van der Waals surface area (Å²) in [6.45, 7) is 1.59. The maximum absolute atomic E-state index is 14.0. The lowest BCUT2D eigenvalue weighted by molar-refractivity contribution is -0.144. The summed E-state index contributed by atoms with van der Waals surface area (Å²) in [6, 6.07) is 2.93. The highest BCUT2D eigenvalue weighted by atomic mass is 35.5. The first-order valence-corrected chi connectivity index (χ1v) is 14.2. The lowest BCUT2D eigenvalue weighted by Gasteiger charge is -2.50. The van der Waals surface area contributed by atoms with Crippen LogP contribution in [0.5, 0.6) is 5.75 Å². The number of phenolic OH excluding ortho intramolecular Hbond substituents is 1. The number of rotatable bonds is 4. The Balaban J connectivity index is 1.55. The fraction of sp³-hybridized carbons (Fsp3) is 0.333. The number of anilines is 2. The van der Waals surface area contributed by atoms with Crippen LogP contribution >= 0.6 is 11.6 Å². The number of aliphatic hydroxyl groups is 3. The fourth-order valence-electron chi connectivity index (χ4n) is 6.85. The predicted octanol–water partition coefficient (Wildman–Crippen LogP) is 3.70. The first kappa shape index (κ1) is 32.8. The quantitative estimate of drug-likeness (QED) is 0.144. The number of Topliss-reactive ketones (excluding diaryl/α,β-unsaturated/α-hetero) is 2. The first-order chi connectivity index (χ1) is 21.4. The molecule has 0 aromatic heterocycles. The van der Waals surface area contributed by atoms with E-state index >= 15 is 0 Å². The lowest BCUT2D eigenvalue weighted by atomic mass is 9.56. The van der Waals surface area contributed by atoms with E-state index in [0.29, 0.717) is 6.07 Å². The van der Waals surface area contributed by atoms with E-state index in [1.807, 2.05) is 5.32 Å². The summed E-state index contributed by atoms with van der Waals surface area (Å²) >= 11 is 5.68. The van der Waals surface area contributed by atoms with Crippen LogP contribution in [0.2, 0.25) is 5.02 Å². The van der Waals surface area contributed by atoms with E-state index in [1.54, 1.807) is 6.92 Å². The van der Waals surface area contributed by atoms with E-state index in [0.717, 1.165) is 12.1 Å². The highest BCUT2D eigenvalue weighted by Gasteiger charge is 2.60. The van der Waals surface area contributed by atoms with Gasteiger partial charge >= 0.3 is 12.2 Å². The number of phenols is 1. The molecule has 12 nitrogen and oxygen atoms in total. The molecule has 5 rings (SSSR count). The summed E-state index contributed by atoms with van der Waals surface area (Å²) in [7, 11) is 3.01. The first-order valence-electron chi connectivity index (χ1n) is 13.8. The molecule has 0 saturated heterocycles. The van der Waals surface area contributed by atoms with Crippen LogP contribution in [0.1, 0.15) is 29.5 Å². The normalized spacial score (nSPS) is 26.0. The summed E-state index contributed by atoms with van der Waals surface area (Å²) in [5.74, 6) is -10.5. The number of amides is 3. The van der Waals surface area contributed by atoms with Gasteiger partial charge in [0.2, 0.25) is 0 Å². The van der Waals surface area contributed by atoms with E-state index in [2.05, 4.69) is 5.32 Å². The van der Waals surface area contributed by atoms with Crippen molar-refractivity contribution >= 4 is 52.2 Å². The SMILES string of the molecule is CC1c2ccc(NC(=O)Nc3ccc(Cl)cc3C(F)(F)F)c(O)c2C(O)=C2C(=O)C3C(=O)C(C(N)=O)=C(O)[C@@H](N(C)C)C3C(O)C21. The van der Waals surface area contributed by atoms with Crippen LogP contribution in [-0.4, -0.2) is 75.1 Å². The molecule has 0 heterocycles. The third kappa shape index (κ3) is 5.04. The lowest BCUT2D eigenvalue weighted by Crippen LogP contribution is -2.61. The van der Waals surface area contributed by atoms with Crippen LogP contribution in [0.3, 0.4) is 0 Å². The summed E-state index contributed by atoms with van der Waals surface area (Å²) < 4.78 is 40.5. The summed E-state index contributed by atoms with van der Waals surface area (Å²) in [5.41, 5.74) is 1.82. The van der Waals surface area contributed by atoms with Crippen LogP contribution in [0.15, 0.2) is 47.2 Å². The smallest absolute Gasteiger partial charge is 0.418 e. The molecular formula is C30H28ClF3N4O8. The number of alkyl halides is 3. The highest BCUT2D eigenvalue weighted by molar-refractivity contribution is 6.31. The third-order valence-electron chi connectivity index (χ3n) is 8.78. The van der Waals surface area contributed by atoms with E-state index in [-0.39, 0.29) is 21.8 Å². The average Bonchev–Trinajstić information content (AvgIpc) is 2.94. The van der Waals surface area contributed by atoms with Crippen molar-refractivity contribution in [3.63, 3.8) is 0 Å². The number of likely N-dealkylation sites (N-methyl/N-ethyl adjacent to an activating group) is 1. The number of urea groups is 1. The number of primary amides is 1. The molecule has 3 amide bonds. The molecule has 0 spiro atoms. The minimum Gasteiger partial charge on any atom is -0.510 e. The highest BCUT2D eigenvalue weighted by Crippen LogP contribution is 2.55. The Morgan fingerprint density at radius 3 is 2.20 bits per heavy atom. The number of ketones is 2. The van der Waals surface area contributed by atoms with Gasteiger partial charge in [0.1, 0.15) is 22.8 Å². The van der Waals surface area contributed by atoms with Crippen molar-refractivity contribution in [2.45, 2.75) is 31.2 Å². The largest absolute Gasteiger partial charge is 0.510 e. The van der Waals surface area contributed by atoms with Gasteiger partial charge in [-0.15, -0.1) is 0 Å². The van der Waals surface area contributed by atoms with Gasteiger partial charge in [0.25, 0.3) is 5.91 Å². The Labute approximate surface area is 263 Å². The molecule has 8 N–H and O–H groups in total. The maximum Gasteiger partial charge on any atom is 0.418 e. The molecule has 6 atom stereocenters. The minimum absolute atomic E-state index is 0.221. The Hall–Kier alpha value is -4.60. The van der Waals surface area contributed by atoms with Gasteiger partial charge in [0, 0.05) is 22.4 Å². The Kier molecular flexibility index (Phi) is 8.07. The number of hydrogen-bond acceptors (Lipinski definition) is 9. The van der Waals surface area contributed by atoms with Gasteiger partial charge in [0.15, 0.2) is 11.6 Å². The second-order valence-electron chi connectivity index (χ2n) is 11.6. The number of halogens is 4. The number of benzene rings is 2. The molecule has 16 heteroatoms. The molecule has 2 aromatic carbocycles. The van der Waals surface area contributed by atoms with E-state index in [4.69, 9.17) is 17.3 Å². The number of hydrogen-bond donors (Lipinski definition) is 7. The van der Waals surface area contributed by atoms with E-state index in [1.165, 1.54) is 31.1 Å². The third-order valence-corrected chi connectivity index (χ3v) is 9.01. The number of nitrogens with zero attached hydrogens (tertiary/aromatic N) is 1. The molecule has 0 aliphatic heterocycles. The molecule has 2 aromatic rings. The molecule has 5 unspecified atom stereocenters. The molecule has 1 fully saturated rings. The zero-order chi connectivity index (χ0) is 34.2. The van der Waals surface area contributed by atoms with Crippen molar-refractivity contribution in [1.29, 1.82) is 0 Å². The van der Waals surface area contributed by atoms with Gasteiger partial charge in [-0.25, -0.2) is 4.79 Å². The molecule has 1 saturated carbocycles. The van der Waals surface area contributed by atoms with Crippen molar-refractivity contribution in [1.82, 2.24) is 4.90 Å². The summed E-state index contributed by atoms with van der Waals surface area (Å²) in [5, 5.41) is 49.1. The van der Waals surface area contributed by atoms with Crippen molar-refractivity contribution < 1.29 is 52.8 Å². The van der Waals surface area contributed by atoms with Crippen molar-refractivity contribution in [3.8, 4) is 5.75 Å². The molecule has 3 aliphatic rings. The zero-order valence-electron chi connectivity index (χ0n) is 24.3. The molecule has 0 bridgehead atoms. The van der Waals surface area contributed by atoms with E-state index < -0.39 is 105 Å². The number of aliphatic hydroxyl groups excluding tert-OH is 3. The Morgan fingerprint density at radius 2 is 1.61 bits per heavy atom. The van der Waals surface area contributed by atoms with Crippen LogP contribution in [-0.2, 0) is 20.6 Å². The summed E-state index contributed by atoms with van der Waals surface area (Å²) in [4.78, 5) is 53.7. The number of aromatic hydroxyl groups is 1.